The number of rotatable bonds is 2. The molecule has 1 aromatic rings. The lowest BCUT2D eigenvalue weighted by Gasteiger charge is -2.23. The summed E-state index contributed by atoms with van der Waals surface area (Å²) in [6.45, 7) is 8.10. The summed E-state index contributed by atoms with van der Waals surface area (Å²) >= 11 is 0. The van der Waals surface area contributed by atoms with E-state index in [-0.39, 0.29) is 17.5 Å². The molecule has 0 aliphatic carbocycles. The third-order valence-corrected chi connectivity index (χ3v) is 3.16. The van der Waals surface area contributed by atoms with Gasteiger partial charge in [-0.15, -0.1) is 0 Å². The topological polar surface area (TPSA) is 59.0 Å². The molecule has 1 aliphatic rings. The van der Waals surface area contributed by atoms with Crippen molar-refractivity contribution in [2.45, 2.75) is 45.2 Å². The van der Waals surface area contributed by atoms with Gasteiger partial charge in [-0.25, -0.2) is 0 Å². The van der Waals surface area contributed by atoms with Gasteiger partial charge >= 0.3 is 0 Å². The zero-order chi connectivity index (χ0) is 13.2. The Balaban J connectivity index is 1.98. The van der Waals surface area contributed by atoms with Gasteiger partial charge in [0, 0.05) is 18.8 Å². The fourth-order valence-electron chi connectivity index (χ4n) is 2.05. The minimum atomic E-state index is -0.0923. The van der Waals surface area contributed by atoms with Crippen LogP contribution in [-0.2, 0) is 5.54 Å². The highest BCUT2D eigenvalue weighted by molar-refractivity contribution is 5.93. The molecule has 5 heteroatoms. The number of nitrogens with zero attached hydrogens (tertiary/aromatic N) is 2. The zero-order valence-electron chi connectivity index (χ0n) is 11.4. The van der Waals surface area contributed by atoms with Crippen molar-refractivity contribution in [3.8, 4) is 0 Å². The third kappa shape index (κ3) is 3.10. The maximum absolute atomic E-state index is 12.1. The lowest BCUT2D eigenvalue weighted by Crippen LogP contribution is -2.45. The van der Waals surface area contributed by atoms with Gasteiger partial charge in [-0.05, 0) is 40.2 Å². The van der Waals surface area contributed by atoms with Gasteiger partial charge < -0.3 is 10.6 Å². The Morgan fingerprint density at radius 3 is 2.89 bits per heavy atom. The van der Waals surface area contributed by atoms with Crippen molar-refractivity contribution in [2.24, 2.45) is 0 Å². The van der Waals surface area contributed by atoms with Crippen LogP contribution in [0.25, 0.3) is 0 Å². The number of hydrogen-bond donors (Lipinski definition) is 2. The molecule has 0 saturated carbocycles. The zero-order valence-corrected chi connectivity index (χ0v) is 11.4. The molecular weight excluding hydrogens is 228 g/mol. The van der Waals surface area contributed by atoms with Crippen LogP contribution in [-0.4, -0.2) is 34.8 Å². The van der Waals surface area contributed by atoms with E-state index in [9.17, 15) is 4.79 Å². The van der Waals surface area contributed by atoms with Crippen molar-refractivity contribution in [1.82, 2.24) is 20.4 Å². The molecular formula is C13H22N4O. The van der Waals surface area contributed by atoms with E-state index in [1.54, 1.807) is 6.20 Å². The Morgan fingerprint density at radius 2 is 2.33 bits per heavy atom. The minimum Gasteiger partial charge on any atom is -0.348 e. The largest absolute Gasteiger partial charge is 0.348 e. The molecule has 5 nitrogen and oxygen atoms in total. The SMILES string of the molecule is CC(C)(C)n1cc(C(=O)N[C@H]2CCCNC2)cn1. The molecule has 0 spiro atoms. The van der Waals surface area contributed by atoms with Crippen LogP contribution in [0.1, 0.15) is 44.0 Å². The summed E-state index contributed by atoms with van der Waals surface area (Å²) < 4.78 is 1.82. The average molecular weight is 250 g/mol. The van der Waals surface area contributed by atoms with E-state index < -0.39 is 0 Å². The Hall–Kier alpha value is -1.36. The van der Waals surface area contributed by atoms with Crippen molar-refractivity contribution >= 4 is 5.91 Å². The van der Waals surface area contributed by atoms with E-state index in [0.29, 0.717) is 5.56 Å². The summed E-state index contributed by atoms with van der Waals surface area (Å²) in [7, 11) is 0. The predicted molar refractivity (Wildman–Crippen MR) is 70.6 cm³/mol. The molecule has 1 saturated heterocycles. The van der Waals surface area contributed by atoms with Crippen LogP contribution < -0.4 is 10.6 Å². The smallest absolute Gasteiger partial charge is 0.254 e. The quantitative estimate of drug-likeness (QED) is 0.827. The molecule has 0 aromatic carbocycles. The van der Waals surface area contributed by atoms with Crippen LogP contribution in [0.3, 0.4) is 0 Å². The molecule has 1 atom stereocenters. The molecule has 1 fully saturated rings. The number of nitrogens with one attached hydrogen (secondary N) is 2. The molecule has 2 heterocycles. The number of carbonyl (C=O) groups is 1. The second kappa shape index (κ2) is 5.10. The molecule has 1 aromatic heterocycles. The molecule has 1 amide bonds. The highest BCUT2D eigenvalue weighted by Gasteiger charge is 2.19. The monoisotopic (exact) mass is 250 g/mol. The van der Waals surface area contributed by atoms with Gasteiger partial charge in [0.25, 0.3) is 5.91 Å². The molecule has 2 rings (SSSR count). The number of piperidine rings is 1. The lowest BCUT2D eigenvalue weighted by atomic mass is 10.1. The molecule has 100 valence electrons. The fourth-order valence-corrected chi connectivity index (χ4v) is 2.05. The van der Waals surface area contributed by atoms with Crippen molar-refractivity contribution in [3.63, 3.8) is 0 Å². The Labute approximate surface area is 108 Å². The molecule has 0 unspecified atom stereocenters. The van der Waals surface area contributed by atoms with Gasteiger partial charge in [0.05, 0.1) is 17.3 Å². The average Bonchev–Trinajstić information content (AvgIpc) is 2.79. The first-order valence-electron chi connectivity index (χ1n) is 6.53. The third-order valence-electron chi connectivity index (χ3n) is 3.16. The van der Waals surface area contributed by atoms with Crippen LogP contribution in [0, 0.1) is 0 Å². The van der Waals surface area contributed by atoms with Gasteiger partial charge in [0.15, 0.2) is 0 Å². The van der Waals surface area contributed by atoms with E-state index in [1.807, 2.05) is 10.9 Å². The summed E-state index contributed by atoms with van der Waals surface area (Å²) in [5.41, 5.74) is 0.542. The Bertz CT molecular complexity index is 413. The van der Waals surface area contributed by atoms with Crippen molar-refractivity contribution in [3.05, 3.63) is 18.0 Å². The minimum absolute atomic E-state index is 0.0285. The molecule has 0 radical (unpaired) electrons. The fraction of sp³-hybridized carbons (Fsp3) is 0.692. The maximum atomic E-state index is 12.1. The number of aromatic nitrogens is 2. The van der Waals surface area contributed by atoms with Gasteiger partial charge in [-0.2, -0.15) is 5.10 Å². The van der Waals surface area contributed by atoms with Crippen LogP contribution in [0.5, 0.6) is 0 Å². The highest BCUT2D eigenvalue weighted by Crippen LogP contribution is 2.13. The van der Waals surface area contributed by atoms with Crippen molar-refractivity contribution in [1.29, 1.82) is 0 Å². The first-order chi connectivity index (χ1) is 8.47. The highest BCUT2D eigenvalue weighted by atomic mass is 16.1. The van der Waals surface area contributed by atoms with E-state index in [4.69, 9.17) is 0 Å². The summed E-state index contributed by atoms with van der Waals surface area (Å²) in [5.74, 6) is -0.0285. The summed E-state index contributed by atoms with van der Waals surface area (Å²) in [6, 6.07) is 0.240. The van der Waals surface area contributed by atoms with Crippen LogP contribution in [0.15, 0.2) is 12.4 Å². The Morgan fingerprint density at radius 1 is 1.56 bits per heavy atom. The van der Waals surface area contributed by atoms with Crippen LogP contribution >= 0.6 is 0 Å². The molecule has 2 N–H and O–H groups in total. The van der Waals surface area contributed by atoms with Gasteiger partial charge in [0.1, 0.15) is 0 Å². The second-order valence-corrected chi connectivity index (χ2v) is 5.86. The predicted octanol–water partition coefficient (Wildman–Crippen LogP) is 1.12. The van der Waals surface area contributed by atoms with Crippen molar-refractivity contribution < 1.29 is 4.79 Å². The normalized spacial score (nSPS) is 20.7. The summed E-state index contributed by atoms with van der Waals surface area (Å²) in [6.07, 6.45) is 5.61. The Kier molecular flexibility index (Phi) is 3.71. The molecule has 18 heavy (non-hydrogen) atoms. The number of hydrogen-bond acceptors (Lipinski definition) is 3. The molecule has 0 bridgehead atoms. The van der Waals surface area contributed by atoms with Gasteiger partial charge in [-0.1, -0.05) is 0 Å². The van der Waals surface area contributed by atoms with Gasteiger partial charge in [0.2, 0.25) is 0 Å². The maximum Gasteiger partial charge on any atom is 0.254 e. The summed E-state index contributed by atoms with van der Waals surface area (Å²) in [5, 5.41) is 10.6. The van der Waals surface area contributed by atoms with Gasteiger partial charge in [-0.3, -0.25) is 9.48 Å². The lowest BCUT2D eigenvalue weighted by molar-refractivity contribution is 0.0930. The molecule has 1 aliphatic heterocycles. The number of carbonyl (C=O) groups excluding carboxylic acids is 1. The van der Waals surface area contributed by atoms with E-state index in [1.165, 1.54) is 0 Å². The van der Waals surface area contributed by atoms with E-state index in [2.05, 4.69) is 36.5 Å². The number of amides is 1. The first kappa shape index (κ1) is 13.1. The summed E-state index contributed by atoms with van der Waals surface area (Å²) in [4.78, 5) is 12.1. The van der Waals surface area contributed by atoms with Crippen LogP contribution in [0.4, 0.5) is 0 Å². The first-order valence-corrected chi connectivity index (χ1v) is 6.53. The van der Waals surface area contributed by atoms with Crippen LogP contribution in [0.2, 0.25) is 0 Å². The second-order valence-electron chi connectivity index (χ2n) is 5.86. The van der Waals surface area contributed by atoms with E-state index >= 15 is 0 Å². The van der Waals surface area contributed by atoms with E-state index in [0.717, 1.165) is 25.9 Å². The standard InChI is InChI=1S/C13H22N4O/c1-13(2,3)17-9-10(7-15-17)12(18)16-11-5-4-6-14-8-11/h7,9,11,14H,4-6,8H2,1-3H3,(H,16,18)/t11-/m0/s1. The van der Waals surface area contributed by atoms with Crippen molar-refractivity contribution in [2.75, 3.05) is 13.1 Å².